The minimum absolute atomic E-state index is 0.0561. The molecule has 2 rings (SSSR count). The Kier molecular flexibility index (Phi) is 4.05. The third kappa shape index (κ3) is 3.09. The first-order chi connectivity index (χ1) is 9.83. The second-order valence-corrected chi connectivity index (χ2v) is 6.01. The van der Waals surface area contributed by atoms with Gasteiger partial charge in [-0.3, -0.25) is 10.1 Å². The zero-order chi connectivity index (χ0) is 15.6. The second-order valence-electron chi connectivity index (χ2n) is 4.28. The van der Waals surface area contributed by atoms with Crippen LogP contribution in [0.2, 0.25) is 0 Å². The molecule has 1 aromatic heterocycles. The van der Waals surface area contributed by atoms with E-state index in [0.29, 0.717) is 5.69 Å². The monoisotopic (exact) mass is 313 g/mol. The molecule has 0 bridgehead atoms. The molecule has 21 heavy (non-hydrogen) atoms. The summed E-state index contributed by atoms with van der Waals surface area (Å²) in [7, 11) is -2.47. The van der Waals surface area contributed by atoms with Crippen LogP contribution in [0.25, 0.3) is 0 Å². The van der Waals surface area contributed by atoms with Crippen molar-refractivity contribution in [3.05, 3.63) is 58.2 Å². The number of nitrogens with zero attached hydrogens (tertiary/aromatic N) is 2. The van der Waals surface area contributed by atoms with Crippen LogP contribution in [0.1, 0.15) is 5.69 Å². The second kappa shape index (κ2) is 5.62. The number of rotatable bonds is 5. The van der Waals surface area contributed by atoms with Crippen molar-refractivity contribution in [3.8, 4) is 0 Å². The van der Waals surface area contributed by atoms with Gasteiger partial charge in [0.1, 0.15) is 0 Å². The molecule has 0 aliphatic carbocycles. The molecular weight excluding hydrogens is 301 g/mol. The zero-order valence-electron chi connectivity index (χ0n) is 11.0. The van der Waals surface area contributed by atoms with Gasteiger partial charge in [0, 0.05) is 18.9 Å². The molecule has 112 valence electrons. The number of nitrogens with one attached hydrogen (secondary N) is 1. The number of para-hydroxylation sites is 1. The van der Waals surface area contributed by atoms with Gasteiger partial charge in [0.2, 0.25) is 15.8 Å². The molecule has 0 unspecified atom stereocenters. The molecule has 0 spiro atoms. The van der Waals surface area contributed by atoms with E-state index in [1.807, 2.05) is 0 Å². The molecule has 1 aromatic carbocycles. The molecule has 0 aliphatic rings. The SMILES string of the molecule is Cn1cccc1CNS(=O)(=O)c1cccc(F)c1[N+](=O)[O-]. The molecule has 0 atom stereocenters. The molecule has 2 aromatic rings. The Bertz CT molecular complexity index is 786. The summed E-state index contributed by atoms with van der Waals surface area (Å²) < 4.78 is 41.6. The van der Waals surface area contributed by atoms with Gasteiger partial charge in [-0.15, -0.1) is 0 Å². The van der Waals surface area contributed by atoms with Crippen LogP contribution >= 0.6 is 0 Å². The van der Waals surface area contributed by atoms with Crippen molar-refractivity contribution < 1.29 is 17.7 Å². The summed E-state index contributed by atoms with van der Waals surface area (Å²) in [6, 6.07) is 6.37. The largest absolute Gasteiger partial charge is 0.353 e. The molecule has 7 nitrogen and oxygen atoms in total. The predicted molar refractivity (Wildman–Crippen MR) is 72.5 cm³/mol. The van der Waals surface area contributed by atoms with Crippen molar-refractivity contribution in [2.45, 2.75) is 11.4 Å². The highest BCUT2D eigenvalue weighted by Crippen LogP contribution is 2.26. The van der Waals surface area contributed by atoms with Gasteiger partial charge in [-0.05, 0) is 24.3 Å². The van der Waals surface area contributed by atoms with Gasteiger partial charge in [0.15, 0.2) is 4.90 Å². The Labute approximate surface area is 120 Å². The van der Waals surface area contributed by atoms with Gasteiger partial charge in [0.05, 0.1) is 11.5 Å². The minimum atomic E-state index is -4.20. The molecule has 0 saturated heterocycles. The van der Waals surface area contributed by atoms with E-state index in [1.54, 1.807) is 29.9 Å². The molecule has 1 heterocycles. The summed E-state index contributed by atoms with van der Waals surface area (Å²) in [4.78, 5) is 9.10. The van der Waals surface area contributed by atoms with Gasteiger partial charge >= 0.3 is 5.69 Å². The number of nitro groups is 1. The van der Waals surface area contributed by atoms with E-state index in [0.717, 1.165) is 18.2 Å². The lowest BCUT2D eigenvalue weighted by Crippen LogP contribution is -2.25. The number of hydrogen-bond acceptors (Lipinski definition) is 4. The van der Waals surface area contributed by atoms with E-state index in [1.165, 1.54) is 0 Å². The maximum atomic E-state index is 13.5. The molecule has 0 radical (unpaired) electrons. The Hall–Kier alpha value is -2.26. The minimum Gasteiger partial charge on any atom is -0.353 e. The summed E-state index contributed by atoms with van der Waals surface area (Å²) in [5.41, 5.74) is -0.394. The molecule has 0 fully saturated rings. The number of aromatic nitrogens is 1. The Morgan fingerprint density at radius 3 is 2.62 bits per heavy atom. The Balaban J connectivity index is 2.34. The first-order valence-electron chi connectivity index (χ1n) is 5.85. The van der Waals surface area contributed by atoms with Crippen LogP contribution in [-0.4, -0.2) is 17.9 Å². The zero-order valence-corrected chi connectivity index (χ0v) is 11.8. The molecule has 9 heteroatoms. The molecular formula is C12H12FN3O4S. The van der Waals surface area contributed by atoms with Crippen LogP contribution in [0.4, 0.5) is 10.1 Å². The molecule has 0 saturated carbocycles. The summed E-state index contributed by atoms with van der Waals surface area (Å²) in [5, 5.41) is 10.8. The Morgan fingerprint density at radius 1 is 1.33 bits per heavy atom. The van der Waals surface area contributed by atoms with E-state index in [2.05, 4.69) is 4.72 Å². The first kappa shape index (κ1) is 15.1. The van der Waals surface area contributed by atoms with Crippen molar-refractivity contribution in [3.63, 3.8) is 0 Å². The van der Waals surface area contributed by atoms with Gasteiger partial charge in [-0.2, -0.15) is 4.39 Å². The highest BCUT2D eigenvalue weighted by Gasteiger charge is 2.29. The number of aryl methyl sites for hydroxylation is 1. The van der Waals surface area contributed by atoms with Crippen LogP contribution in [0.15, 0.2) is 41.4 Å². The van der Waals surface area contributed by atoms with E-state index in [4.69, 9.17) is 0 Å². The van der Waals surface area contributed by atoms with Gasteiger partial charge < -0.3 is 4.57 Å². The number of nitro benzene ring substituents is 1. The van der Waals surface area contributed by atoms with E-state index in [-0.39, 0.29) is 6.54 Å². The van der Waals surface area contributed by atoms with Crippen LogP contribution in [0.5, 0.6) is 0 Å². The number of benzene rings is 1. The average molecular weight is 313 g/mol. The molecule has 0 amide bonds. The highest BCUT2D eigenvalue weighted by molar-refractivity contribution is 7.89. The summed E-state index contributed by atoms with van der Waals surface area (Å²) in [6.45, 7) is -0.0561. The fourth-order valence-electron chi connectivity index (χ4n) is 1.82. The third-order valence-corrected chi connectivity index (χ3v) is 4.35. The Morgan fingerprint density at radius 2 is 2.05 bits per heavy atom. The smallest absolute Gasteiger partial charge is 0.324 e. The van der Waals surface area contributed by atoms with Crippen LogP contribution in [-0.2, 0) is 23.6 Å². The normalized spacial score (nSPS) is 11.5. The van der Waals surface area contributed by atoms with Crippen molar-refractivity contribution in [1.29, 1.82) is 0 Å². The summed E-state index contributed by atoms with van der Waals surface area (Å²) in [6.07, 6.45) is 1.73. The predicted octanol–water partition coefficient (Wildman–Crippen LogP) is 1.55. The highest BCUT2D eigenvalue weighted by atomic mass is 32.2. The van der Waals surface area contributed by atoms with Crippen LogP contribution < -0.4 is 4.72 Å². The maximum Gasteiger partial charge on any atom is 0.324 e. The molecule has 1 N–H and O–H groups in total. The fourth-order valence-corrected chi connectivity index (χ4v) is 2.99. The maximum absolute atomic E-state index is 13.5. The van der Waals surface area contributed by atoms with Crippen LogP contribution in [0, 0.1) is 15.9 Å². The molecule has 0 aliphatic heterocycles. The lowest BCUT2D eigenvalue weighted by atomic mass is 10.3. The van der Waals surface area contributed by atoms with Crippen molar-refractivity contribution in [2.75, 3.05) is 0 Å². The number of halogens is 1. The lowest BCUT2D eigenvalue weighted by molar-refractivity contribution is -0.390. The van der Waals surface area contributed by atoms with Gasteiger partial charge in [0.25, 0.3) is 0 Å². The van der Waals surface area contributed by atoms with Crippen molar-refractivity contribution in [2.24, 2.45) is 7.05 Å². The fraction of sp³-hybridized carbons (Fsp3) is 0.167. The van der Waals surface area contributed by atoms with Crippen molar-refractivity contribution >= 4 is 15.7 Å². The average Bonchev–Trinajstić information content (AvgIpc) is 2.81. The summed E-state index contributed by atoms with van der Waals surface area (Å²) >= 11 is 0. The van der Waals surface area contributed by atoms with Crippen molar-refractivity contribution in [1.82, 2.24) is 9.29 Å². The number of sulfonamides is 1. The quantitative estimate of drug-likeness (QED) is 0.669. The topological polar surface area (TPSA) is 94.2 Å². The van der Waals surface area contributed by atoms with Crippen LogP contribution in [0.3, 0.4) is 0 Å². The van der Waals surface area contributed by atoms with Gasteiger partial charge in [-0.1, -0.05) is 6.07 Å². The lowest BCUT2D eigenvalue weighted by Gasteiger charge is -2.08. The summed E-state index contributed by atoms with van der Waals surface area (Å²) in [5.74, 6) is -1.19. The van der Waals surface area contributed by atoms with E-state index < -0.39 is 31.3 Å². The van der Waals surface area contributed by atoms with E-state index in [9.17, 15) is 22.9 Å². The van der Waals surface area contributed by atoms with Gasteiger partial charge in [-0.25, -0.2) is 13.1 Å². The first-order valence-corrected chi connectivity index (χ1v) is 7.34. The van der Waals surface area contributed by atoms with E-state index >= 15 is 0 Å². The third-order valence-electron chi connectivity index (χ3n) is 2.92. The standard InChI is InChI=1S/C12H12FN3O4S/c1-15-7-3-4-9(15)8-14-21(19,20)11-6-2-5-10(13)12(11)16(17)18/h2-7,14H,8H2,1H3. The number of hydrogen-bond donors (Lipinski definition) is 1.